The fraction of sp³-hybridized carbons (Fsp3) is 0.375. The highest BCUT2D eigenvalue weighted by atomic mass is 16.5. The second kappa shape index (κ2) is 8.29. The summed E-state index contributed by atoms with van der Waals surface area (Å²) in [5.41, 5.74) is 11.3. The molecule has 1 aromatic heterocycles. The summed E-state index contributed by atoms with van der Waals surface area (Å²) >= 11 is 0. The molecule has 0 saturated carbocycles. The molecule has 2 atom stereocenters. The molecule has 4 rings (SSSR count). The lowest BCUT2D eigenvalue weighted by atomic mass is 9.88. The van der Waals surface area contributed by atoms with Crippen LogP contribution in [-0.4, -0.2) is 28.3 Å². The summed E-state index contributed by atoms with van der Waals surface area (Å²) in [5, 5.41) is 10.2. The minimum absolute atomic E-state index is 0.0233. The highest BCUT2D eigenvalue weighted by molar-refractivity contribution is 5.92. The second-order valence-electron chi connectivity index (χ2n) is 7.98. The Morgan fingerprint density at radius 1 is 1.21 bits per heavy atom. The Balaban J connectivity index is 1.94. The van der Waals surface area contributed by atoms with Crippen molar-refractivity contribution in [1.29, 1.82) is 0 Å². The number of aliphatic carboxylic acids is 1. The third-order valence-corrected chi connectivity index (χ3v) is 5.92. The number of aromatic nitrogens is 1. The van der Waals surface area contributed by atoms with Gasteiger partial charge in [0.25, 0.3) is 0 Å². The van der Waals surface area contributed by atoms with Crippen molar-refractivity contribution in [2.45, 2.75) is 51.1 Å². The Bertz CT molecular complexity index is 1010. The maximum Gasteiger partial charge on any atom is 0.341 e. The van der Waals surface area contributed by atoms with Crippen molar-refractivity contribution in [3.05, 3.63) is 65.4 Å². The lowest BCUT2D eigenvalue weighted by Crippen LogP contribution is -2.25. The molecule has 0 aliphatic heterocycles. The number of fused-ring (bicyclic) bond motifs is 3. The van der Waals surface area contributed by atoms with Crippen LogP contribution in [-0.2, 0) is 17.8 Å². The van der Waals surface area contributed by atoms with Gasteiger partial charge in [-0.15, -0.1) is 0 Å². The van der Waals surface area contributed by atoms with Gasteiger partial charge in [0.15, 0.2) is 6.61 Å². The van der Waals surface area contributed by atoms with Crippen molar-refractivity contribution in [1.82, 2.24) is 4.57 Å². The lowest BCUT2D eigenvalue weighted by Gasteiger charge is -2.21. The van der Waals surface area contributed by atoms with Crippen molar-refractivity contribution in [3.8, 4) is 5.75 Å². The van der Waals surface area contributed by atoms with E-state index in [1.54, 1.807) is 0 Å². The molecule has 152 valence electrons. The first-order valence-electron chi connectivity index (χ1n) is 10.3. The van der Waals surface area contributed by atoms with E-state index in [-0.39, 0.29) is 18.6 Å². The number of nitrogens with zero attached hydrogens (tertiary/aromatic N) is 1. The quantitative estimate of drug-likeness (QED) is 0.613. The van der Waals surface area contributed by atoms with Gasteiger partial charge in [-0.3, -0.25) is 0 Å². The van der Waals surface area contributed by atoms with E-state index in [1.165, 1.54) is 16.8 Å². The van der Waals surface area contributed by atoms with Gasteiger partial charge in [0.05, 0.1) is 5.52 Å². The van der Waals surface area contributed by atoms with E-state index < -0.39 is 5.97 Å². The van der Waals surface area contributed by atoms with Gasteiger partial charge in [0, 0.05) is 29.6 Å². The average molecular weight is 392 g/mol. The van der Waals surface area contributed by atoms with Crippen LogP contribution in [0.4, 0.5) is 0 Å². The van der Waals surface area contributed by atoms with Crippen LogP contribution < -0.4 is 10.5 Å². The molecule has 0 amide bonds. The number of nitrogens with two attached hydrogens (primary N) is 1. The van der Waals surface area contributed by atoms with Gasteiger partial charge in [-0.2, -0.15) is 0 Å². The van der Waals surface area contributed by atoms with Gasteiger partial charge >= 0.3 is 5.97 Å². The van der Waals surface area contributed by atoms with Crippen LogP contribution in [0.3, 0.4) is 0 Å². The summed E-state index contributed by atoms with van der Waals surface area (Å²) in [6.45, 7) is 2.50. The van der Waals surface area contributed by atoms with Crippen molar-refractivity contribution in [2.75, 3.05) is 6.61 Å². The number of hydrogen-bond donors (Lipinski definition) is 2. The minimum atomic E-state index is -0.972. The normalized spacial score (nSPS) is 17.5. The van der Waals surface area contributed by atoms with E-state index in [9.17, 15) is 4.79 Å². The molecule has 1 aliphatic rings. The molecule has 0 bridgehead atoms. The summed E-state index contributed by atoms with van der Waals surface area (Å²) in [6, 6.07) is 16.4. The zero-order valence-corrected chi connectivity index (χ0v) is 16.8. The molecular formula is C24H28N2O3. The van der Waals surface area contributed by atoms with Crippen LogP contribution in [0.2, 0.25) is 0 Å². The molecule has 5 nitrogen and oxygen atoms in total. The number of carbonyl (C=O) groups is 1. The molecule has 0 spiro atoms. The molecule has 3 aromatic rings. The van der Waals surface area contributed by atoms with Crippen LogP contribution in [0.15, 0.2) is 48.5 Å². The number of benzene rings is 2. The van der Waals surface area contributed by atoms with Crippen LogP contribution in [0.5, 0.6) is 5.75 Å². The molecular weight excluding hydrogens is 364 g/mol. The standard InChI is InChI=1S/C24H28N2O3/c1-16(25)18-10-5-6-11-19-23(18)24-20(12-7-13-21(24)29-15-22(27)28)26(19)14-17-8-3-2-4-9-17/h2-4,7-9,12-13,16,18H,5-6,10-11,14-15,25H2,1H3,(H,27,28). The number of rotatable bonds is 6. The average Bonchev–Trinajstić information content (AvgIpc) is 2.87. The monoisotopic (exact) mass is 392 g/mol. The Labute approximate surface area is 171 Å². The number of carboxylic acid groups (broad SMARTS) is 1. The van der Waals surface area contributed by atoms with Gasteiger partial charge in [-0.25, -0.2) is 4.79 Å². The van der Waals surface area contributed by atoms with Gasteiger partial charge in [0.1, 0.15) is 5.75 Å². The van der Waals surface area contributed by atoms with Crippen LogP contribution in [0.1, 0.15) is 48.9 Å². The minimum Gasteiger partial charge on any atom is -0.481 e. The third kappa shape index (κ3) is 3.87. The van der Waals surface area contributed by atoms with Crippen molar-refractivity contribution < 1.29 is 14.6 Å². The number of carboxylic acids is 1. The van der Waals surface area contributed by atoms with Crippen molar-refractivity contribution in [2.24, 2.45) is 5.73 Å². The smallest absolute Gasteiger partial charge is 0.341 e. The Kier molecular flexibility index (Phi) is 5.58. The predicted molar refractivity (Wildman–Crippen MR) is 115 cm³/mol. The Morgan fingerprint density at radius 2 is 2.00 bits per heavy atom. The summed E-state index contributed by atoms with van der Waals surface area (Å²) in [5.74, 6) is -0.0948. The Morgan fingerprint density at radius 3 is 2.72 bits per heavy atom. The SMILES string of the molecule is CC(N)C1CCCCc2c1c1c(OCC(=O)O)cccc1n2Cc1ccccc1. The van der Waals surface area contributed by atoms with Crippen LogP contribution in [0, 0.1) is 0 Å². The van der Waals surface area contributed by atoms with Crippen LogP contribution >= 0.6 is 0 Å². The fourth-order valence-electron chi connectivity index (χ4n) is 4.65. The lowest BCUT2D eigenvalue weighted by molar-refractivity contribution is -0.139. The third-order valence-electron chi connectivity index (χ3n) is 5.92. The van der Waals surface area contributed by atoms with E-state index in [1.807, 2.05) is 18.2 Å². The van der Waals surface area contributed by atoms with E-state index in [2.05, 4.69) is 41.8 Å². The first-order chi connectivity index (χ1) is 14.1. The molecule has 0 radical (unpaired) electrons. The predicted octanol–water partition coefficient (Wildman–Crippen LogP) is 4.31. The first-order valence-corrected chi connectivity index (χ1v) is 10.3. The molecule has 5 heteroatoms. The fourth-order valence-corrected chi connectivity index (χ4v) is 4.65. The highest BCUT2D eigenvalue weighted by Crippen LogP contribution is 2.43. The molecule has 0 fully saturated rings. The largest absolute Gasteiger partial charge is 0.481 e. The van der Waals surface area contributed by atoms with Crippen molar-refractivity contribution >= 4 is 16.9 Å². The summed E-state index contributed by atoms with van der Waals surface area (Å²) < 4.78 is 8.11. The molecule has 3 N–H and O–H groups in total. The molecule has 2 unspecified atom stereocenters. The van der Waals surface area contributed by atoms with Gasteiger partial charge in [-0.05, 0) is 49.4 Å². The van der Waals surface area contributed by atoms with E-state index >= 15 is 0 Å². The van der Waals surface area contributed by atoms with E-state index in [4.69, 9.17) is 15.6 Å². The van der Waals surface area contributed by atoms with E-state index in [0.717, 1.165) is 43.1 Å². The second-order valence-corrected chi connectivity index (χ2v) is 7.98. The highest BCUT2D eigenvalue weighted by Gasteiger charge is 2.30. The summed E-state index contributed by atoms with van der Waals surface area (Å²) in [6.07, 6.45) is 4.32. The first kappa shape index (κ1) is 19.5. The van der Waals surface area contributed by atoms with E-state index in [0.29, 0.717) is 5.75 Å². The molecule has 1 aliphatic carbocycles. The summed E-state index contributed by atoms with van der Waals surface area (Å²) in [4.78, 5) is 11.1. The van der Waals surface area contributed by atoms with Gasteiger partial charge < -0.3 is 20.1 Å². The zero-order valence-electron chi connectivity index (χ0n) is 16.8. The molecule has 29 heavy (non-hydrogen) atoms. The maximum atomic E-state index is 11.1. The zero-order chi connectivity index (χ0) is 20.4. The van der Waals surface area contributed by atoms with Gasteiger partial charge in [-0.1, -0.05) is 42.8 Å². The molecule has 2 aromatic carbocycles. The molecule has 0 saturated heterocycles. The van der Waals surface area contributed by atoms with Gasteiger partial charge in [0.2, 0.25) is 0 Å². The summed E-state index contributed by atoms with van der Waals surface area (Å²) in [7, 11) is 0. The number of ether oxygens (including phenoxy) is 1. The number of hydrogen-bond acceptors (Lipinski definition) is 3. The van der Waals surface area contributed by atoms with Crippen LogP contribution in [0.25, 0.3) is 10.9 Å². The van der Waals surface area contributed by atoms with Crippen molar-refractivity contribution in [3.63, 3.8) is 0 Å². The Hall–Kier alpha value is -2.79. The maximum absolute atomic E-state index is 11.1. The molecule has 1 heterocycles. The topological polar surface area (TPSA) is 77.5 Å².